The molecule has 3 saturated heterocycles. The number of rotatable bonds is 7. The van der Waals surface area contributed by atoms with Crippen LogP contribution < -0.4 is 20.4 Å². The fraction of sp³-hybridized carbons (Fsp3) is 0.531. The lowest BCUT2D eigenvalue weighted by molar-refractivity contribution is -0.123. The van der Waals surface area contributed by atoms with Crippen molar-refractivity contribution in [1.82, 2.24) is 25.5 Å². The van der Waals surface area contributed by atoms with Gasteiger partial charge in [-0.15, -0.1) is 0 Å². The fourth-order valence-corrected chi connectivity index (χ4v) is 5.78. The van der Waals surface area contributed by atoms with E-state index < -0.39 is 11.6 Å². The number of aromatic nitrogens is 2. The molecule has 1 unspecified atom stereocenters. The van der Waals surface area contributed by atoms with Gasteiger partial charge < -0.3 is 25.2 Å². The summed E-state index contributed by atoms with van der Waals surface area (Å²) in [4.78, 5) is 53.1. The van der Waals surface area contributed by atoms with Crippen molar-refractivity contribution in [2.24, 2.45) is 5.92 Å². The summed E-state index contributed by atoms with van der Waals surface area (Å²) in [7, 11) is 0. The van der Waals surface area contributed by atoms with Gasteiger partial charge in [0.05, 0.1) is 17.4 Å². The topological polar surface area (TPSA) is 120 Å². The first-order valence-corrected chi connectivity index (χ1v) is 15.2. The molecule has 0 bridgehead atoms. The second kappa shape index (κ2) is 13.1. The van der Waals surface area contributed by atoms with E-state index in [1.54, 1.807) is 24.5 Å². The van der Waals surface area contributed by atoms with E-state index in [0.717, 1.165) is 70.2 Å². The monoisotopic (exact) mass is 589 g/mol. The van der Waals surface area contributed by atoms with Gasteiger partial charge in [0.25, 0.3) is 5.91 Å². The Bertz CT molecular complexity index is 1310. The largest absolute Gasteiger partial charge is 0.456 e. The van der Waals surface area contributed by atoms with E-state index in [9.17, 15) is 14.4 Å². The number of ether oxygens (including phenoxy) is 1. The molecule has 5 heterocycles. The highest BCUT2D eigenvalue weighted by Crippen LogP contribution is 2.24. The highest BCUT2D eigenvalue weighted by molar-refractivity contribution is 5.96. The smallest absolute Gasteiger partial charge is 0.340 e. The maximum Gasteiger partial charge on any atom is 0.340 e. The van der Waals surface area contributed by atoms with Crippen molar-refractivity contribution in [3.8, 4) is 0 Å². The van der Waals surface area contributed by atoms with Crippen molar-refractivity contribution >= 4 is 29.3 Å². The molecule has 11 heteroatoms. The van der Waals surface area contributed by atoms with Gasteiger partial charge in [0.2, 0.25) is 5.91 Å². The maximum atomic E-state index is 12.6. The van der Waals surface area contributed by atoms with Crippen LogP contribution in [0.3, 0.4) is 0 Å². The number of pyridine rings is 2. The zero-order chi connectivity index (χ0) is 30.6. The number of esters is 1. The van der Waals surface area contributed by atoms with Gasteiger partial charge >= 0.3 is 5.97 Å². The molecule has 0 aromatic carbocycles. The maximum absolute atomic E-state index is 12.6. The SMILES string of the molecule is C=C1CCC(NC(=O)c2ccc(N3CCN(CC4CCN(c5ccc(C(=O)OC(C)(C)C)cn5)CC4)CC3)cn2)C(=O)N1. The second-order valence-electron chi connectivity index (χ2n) is 12.7. The first kappa shape index (κ1) is 30.5. The van der Waals surface area contributed by atoms with Crippen LogP contribution in [0.2, 0.25) is 0 Å². The molecule has 3 aliphatic heterocycles. The first-order valence-electron chi connectivity index (χ1n) is 15.2. The Labute approximate surface area is 253 Å². The highest BCUT2D eigenvalue weighted by atomic mass is 16.6. The van der Waals surface area contributed by atoms with Crippen LogP contribution in [0.5, 0.6) is 0 Å². The van der Waals surface area contributed by atoms with E-state index in [1.165, 1.54) is 0 Å². The molecular weight excluding hydrogens is 546 g/mol. The van der Waals surface area contributed by atoms with Gasteiger partial charge in [-0.1, -0.05) is 6.58 Å². The summed E-state index contributed by atoms with van der Waals surface area (Å²) in [5, 5.41) is 5.46. The Hall–Kier alpha value is -3.99. The zero-order valence-corrected chi connectivity index (χ0v) is 25.5. The minimum Gasteiger partial charge on any atom is -0.456 e. The van der Waals surface area contributed by atoms with Crippen molar-refractivity contribution < 1.29 is 19.1 Å². The molecule has 5 rings (SSSR count). The Balaban J connectivity index is 1.03. The van der Waals surface area contributed by atoms with E-state index in [0.29, 0.717) is 35.7 Å². The quantitative estimate of drug-likeness (QED) is 0.470. The summed E-state index contributed by atoms with van der Waals surface area (Å²) < 4.78 is 5.44. The van der Waals surface area contributed by atoms with Gasteiger partial charge in [0, 0.05) is 57.7 Å². The molecule has 0 radical (unpaired) electrons. The lowest BCUT2D eigenvalue weighted by atomic mass is 9.96. The predicted molar refractivity (Wildman–Crippen MR) is 165 cm³/mol. The predicted octanol–water partition coefficient (Wildman–Crippen LogP) is 2.99. The molecule has 3 aliphatic rings. The number of nitrogens with one attached hydrogen (secondary N) is 2. The van der Waals surface area contributed by atoms with Crippen LogP contribution in [0.25, 0.3) is 0 Å². The van der Waals surface area contributed by atoms with E-state index in [-0.39, 0.29) is 17.8 Å². The number of hydrogen-bond donors (Lipinski definition) is 2. The first-order chi connectivity index (χ1) is 20.5. The van der Waals surface area contributed by atoms with E-state index >= 15 is 0 Å². The number of hydrogen-bond acceptors (Lipinski definition) is 9. The third-order valence-electron chi connectivity index (χ3n) is 8.21. The Morgan fingerprint density at radius 2 is 1.72 bits per heavy atom. The van der Waals surface area contributed by atoms with Gasteiger partial charge in [0.15, 0.2) is 0 Å². The Kier molecular flexibility index (Phi) is 9.29. The Morgan fingerprint density at radius 1 is 0.977 bits per heavy atom. The summed E-state index contributed by atoms with van der Waals surface area (Å²) in [6, 6.07) is 6.82. The molecule has 0 spiro atoms. The average molecular weight is 590 g/mol. The highest BCUT2D eigenvalue weighted by Gasteiger charge is 2.27. The van der Waals surface area contributed by atoms with E-state index in [2.05, 4.69) is 41.9 Å². The van der Waals surface area contributed by atoms with Gasteiger partial charge in [-0.25, -0.2) is 14.8 Å². The van der Waals surface area contributed by atoms with Gasteiger partial charge in [-0.05, 0) is 76.6 Å². The van der Waals surface area contributed by atoms with Crippen molar-refractivity contribution in [3.63, 3.8) is 0 Å². The molecule has 3 fully saturated rings. The third-order valence-corrected chi connectivity index (χ3v) is 8.21. The number of piperidine rings is 2. The molecule has 2 aromatic heterocycles. The van der Waals surface area contributed by atoms with Gasteiger partial charge in [-0.3, -0.25) is 14.5 Å². The van der Waals surface area contributed by atoms with Crippen LogP contribution in [-0.2, 0) is 9.53 Å². The number of nitrogens with zero attached hydrogens (tertiary/aromatic N) is 5. The van der Waals surface area contributed by atoms with Crippen molar-refractivity contribution in [1.29, 1.82) is 0 Å². The minimum atomic E-state index is -0.561. The number of carbonyl (C=O) groups excluding carboxylic acids is 3. The zero-order valence-electron chi connectivity index (χ0n) is 25.5. The number of carbonyl (C=O) groups is 3. The van der Waals surface area contributed by atoms with Crippen LogP contribution in [0.4, 0.5) is 11.5 Å². The van der Waals surface area contributed by atoms with Crippen LogP contribution >= 0.6 is 0 Å². The van der Waals surface area contributed by atoms with E-state index in [4.69, 9.17) is 4.74 Å². The normalized spacial score (nSPS) is 20.5. The molecule has 0 saturated carbocycles. The van der Waals surface area contributed by atoms with Crippen molar-refractivity contribution in [3.05, 3.63) is 60.2 Å². The van der Waals surface area contributed by atoms with Crippen LogP contribution in [-0.4, -0.2) is 90.1 Å². The summed E-state index contributed by atoms with van der Waals surface area (Å²) >= 11 is 0. The standard InChI is InChI=1S/C32H43N7O4/c1-22-5-8-27(30(41)35-22)36-29(40)26-9-7-25(20-33-26)38-17-15-37(16-18-38)21-23-11-13-39(14-12-23)28-10-6-24(19-34-28)31(42)43-32(2,3)4/h6-7,9-10,19-20,23,27H,1,5,8,11-18,21H2,2-4H3,(H,35,41)(H,36,40). The molecule has 43 heavy (non-hydrogen) atoms. The summed E-state index contributed by atoms with van der Waals surface area (Å²) in [5.41, 5.74) is 1.94. The van der Waals surface area contributed by atoms with Crippen molar-refractivity contribution in [2.75, 3.05) is 55.6 Å². The number of piperazine rings is 1. The van der Waals surface area contributed by atoms with Crippen LogP contribution in [0, 0.1) is 5.92 Å². The number of allylic oxidation sites excluding steroid dienone is 1. The van der Waals surface area contributed by atoms with E-state index in [1.807, 2.05) is 32.9 Å². The van der Waals surface area contributed by atoms with Crippen molar-refractivity contribution in [2.45, 2.75) is 58.1 Å². The van der Waals surface area contributed by atoms with Crippen LogP contribution in [0.15, 0.2) is 48.9 Å². The second-order valence-corrected chi connectivity index (χ2v) is 12.7. The molecular formula is C32H43N7O4. The summed E-state index contributed by atoms with van der Waals surface area (Å²) in [6.07, 6.45) is 6.78. The molecule has 2 N–H and O–H groups in total. The minimum absolute atomic E-state index is 0.229. The lowest BCUT2D eigenvalue weighted by Crippen LogP contribution is -2.49. The van der Waals surface area contributed by atoms with Crippen LogP contribution in [0.1, 0.15) is 67.3 Å². The number of anilines is 2. The Morgan fingerprint density at radius 3 is 2.33 bits per heavy atom. The third kappa shape index (κ3) is 8.10. The molecule has 230 valence electrons. The molecule has 2 aromatic rings. The number of amides is 2. The fourth-order valence-electron chi connectivity index (χ4n) is 5.78. The summed E-state index contributed by atoms with van der Waals surface area (Å²) in [5.74, 6) is 0.631. The lowest BCUT2D eigenvalue weighted by Gasteiger charge is -2.39. The molecule has 11 nitrogen and oxygen atoms in total. The molecule has 2 amide bonds. The molecule has 1 atom stereocenters. The van der Waals surface area contributed by atoms with Gasteiger partial charge in [0.1, 0.15) is 23.2 Å². The van der Waals surface area contributed by atoms with Gasteiger partial charge in [-0.2, -0.15) is 0 Å². The summed E-state index contributed by atoms with van der Waals surface area (Å²) in [6.45, 7) is 16.1. The average Bonchev–Trinajstić information content (AvgIpc) is 2.99. The molecule has 0 aliphatic carbocycles.